The lowest BCUT2D eigenvalue weighted by atomic mass is 10.0. The number of hydrogen-bond acceptors (Lipinski definition) is 4. The van der Waals surface area contributed by atoms with Gasteiger partial charge >= 0.3 is 0 Å². The Morgan fingerprint density at radius 1 is 1.04 bits per heavy atom. The van der Waals surface area contributed by atoms with Crippen molar-refractivity contribution >= 4 is 33.9 Å². The number of anilines is 1. The van der Waals surface area contributed by atoms with Crippen LogP contribution < -0.4 is 5.43 Å². The van der Waals surface area contributed by atoms with E-state index in [1.165, 1.54) is 25.7 Å². The standard InChI is InChI=1S/C23H26ClN3O/c1-2-3-4-5-6-7-21(17-8-11-19(28)12-9-17)26-27-22-14-15-25-23-16-18(24)10-13-20(22)23/h8-16,28H,2-7H2,1H3,(H,25,27)/b26-21-. The van der Waals surface area contributed by atoms with Crippen LogP contribution in [0.3, 0.4) is 0 Å². The van der Waals surface area contributed by atoms with Gasteiger partial charge in [0.05, 0.1) is 16.9 Å². The van der Waals surface area contributed by atoms with Gasteiger partial charge in [-0.3, -0.25) is 10.4 Å². The molecule has 0 atom stereocenters. The topological polar surface area (TPSA) is 57.5 Å². The summed E-state index contributed by atoms with van der Waals surface area (Å²) in [5, 5.41) is 15.9. The van der Waals surface area contributed by atoms with Crippen molar-refractivity contribution in [2.45, 2.75) is 45.4 Å². The van der Waals surface area contributed by atoms with Gasteiger partial charge in [0.1, 0.15) is 5.75 Å². The maximum atomic E-state index is 9.59. The molecule has 28 heavy (non-hydrogen) atoms. The molecule has 5 heteroatoms. The maximum Gasteiger partial charge on any atom is 0.115 e. The van der Waals surface area contributed by atoms with Crippen LogP contribution in [0.15, 0.2) is 59.8 Å². The molecule has 2 N–H and O–H groups in total. The van der Waals surface area contributed by atoms with Gasteiger partial charge in [-0.2, -0.15) is 5.10 Å². The zero-order valence-electron chi connectivity index (χ0n) is 16.2. The summed E-state index contributed by atoms with van der Waals surface area (Å²) in [7, 11) is 0. The number of phenolic OH excluding ortho intramolecular Hbond substituents is 1. The van der Waals surface area contributed by atoms with Gasteiger partial charge in [0.2, 0.25) is 0 Å². The maximum absolute atomic E-state index is 9.59. The Morgan fingerprint density at radius 2 is 1.82 bits per heavy atom. The summed E-state index contributed by atoms with van der Waals surface area (Å²) < 4.78 is 0. The van der Waals surface area contributed by atoms with Crippen LogP contribution >= 0.6 is 11.6 Å². The molecule has 0 radical (unpaired) electrons. The number of fused-ring (bicyclic) bond motifs is 1. The lowest BCUT2D eigenvalue weighted by Gasteiger charge is -2.10. The molecule has 0 aliphatic rings. The van der Waals surface area contributed by atoms with E-state index in [0.29, 0.717) is 5.02 Å². The minimum Gasteiger partial charge on any atom is -0.508 e. The number of hydrazone groups is 1. The zero-order valence-corrected chi connectivity index (χ0v) is 16.9. The first kappa shape index (κ1) is 20.2. The van der Waals surface area contributed by atoms with Gasteiger partial charge in [0, 0.05) is 16.6 Å². The van der Waals surface area contributed by atoms with Crippen molar-refractivity contribution in [3.8, 4) is 5.75 Å². The molecule has 1 aromatic heterocycles. The Morgan fingerprint density at radius 3 is 2.61 bits per heavy atom. The molecule has 0 aliphatic heterocycles. The lowest BCUT2D eigenvalue weighted by Crippen LogP contribution is -2.05. The quantitative estimate of drug-likeness (QED) is 0.239. The smallest absolute Gasteiger partial charge is 0.115 e. The number of hydrogen-bond donors (Lipinski definition) is 2. The van der Waals surface area contributed by atoms with Crippen LogP contribution in [0.1, 0.15) is 51.0 Å². The molecular formula is C23H26ClN3O. The van der Waals surface area contributed by atoms with Gasteiger partial charge in [-0.05, 0) is 66.9 Å². The summed E-state index contributed by atoms with van der Waals surface area (Å²) in [5.41, 5.74) is 6.94. The number of nitrogens with one attached hydrogen (secondary N) is 1. The van der Waals surface area contributed by atoms with E-state index < -0.39 is 0 Å². The van der Waals surface area contributed by atoms with Crippen molar-refractivity contribution in [2.75, 3.05) is 5.43 Å². The Kier molecular flexibility index (Phi) is 7.26. The van der Waals surface area contributed by atoms with Crippen molar-refractivity contribution in [3.63, 3.8) is 0 Å². The molecule has 4 nitrogen and oxygen atoms in total. The number of aromatic nitrogens is 1. The van der Waals surface area contributed by atoms with E-state index in [9.17, 15) is 5.11 Å². The molecule has 3 aromatic rings. The van der Waals surface area contributed by atoms with Gasteiger partial charge in [-0.1, -0.05) is 44.2 Å². The summed E-state index contributed by atoms with van der Waals surface area (Å²) in [5.74, 6) is 0.260. The number of nitrogens with zero attached hydrogens (tertiary/aromatic N) is 2. The fraction of sp³-hybridized carbons (Fsp3) is 0.304. The van der Waals surface area contributed by atoms with E-state index in [1.807, 2.05) is 36.4 Å². The Bertz CT molecular complexity index is 938. The second kappa shape index (κ2) is 10.1. The largest absolute Gasteiger partial charge is 0.508 e. The fourth-order valence-corrected chi connectivity index (χ4v) is 3.33. The molecule has 0 fully saturated rings. The molecule has 146 valence electrons. The predicted octanol–water partition coefficient (Wildman–Crippen LogP) is 6.77. The second-order valence-electron chi connectivity index (χ2n) is 6.90. The normalized spacial score (nSPS) is 11.7. The molecule has 3 rings (SSSR count). The molecule has 0 amide bonds. The summed E-state index contributed by atoms with van der Waals surface area (Å²) in [4.78, 5) is 4.38. The summed E-state index contributed by atoms with van der Waals surface area (Å²) >= 11 is 6.08. The van der Waals surface area contributed by atoms with Gasteiger partial charge in [-0.25, -0.2) is 0 Å². The van der Waals surface area contributed by atoms with Crippen LogP contribution in [0, 0.1) is 0 Å². The molecule has 0 aliphatic carbocycles. The molecule has 1 heterocycles. The number of phenols is 1. The van der Waals surface area contributed by atoms with E-state index in [4.69, 9.17) is 16.7 Å². The molecule has 0 saturated carbocycles. The monoisotopic (exact) mass is 395 g/mol. The predicted molar refractivity (Wildman–Crippen MR) is 118 cm³/mol. The first-order valence-electron chi connectivity index (χ1n) is 9.83. The van der Waals surface area contributed by atoms with Crippen LogP contribution in [0.4, 0.5) is 5.69 Å². The van der Waals surface area contributed by atoms with E-state index in [0.717, 1.165) is 40.7 Å². The van der Waals surface area contributed by atoms with Gasteiger partial charge in [-0.15, -0.1) is 0 Å². The number of pyridine rings is 1. The van der Waals surface area contributed by atoms with Crippen molar-refractivity contribution in [1.82, 2.24) is 4.98 Å². The highest BCUT2D eigenvalue weighted by Gasteiger charge is 2.07. The van der Waals surface area contributed by atoms with Crippen molar-refractivity contribution in [1.29, 1.82) is 0 Å². The van der Waals surface area contributed by atoms with Gasteiger partial charge in [0.25, 0.3) is 0 Å². The Labute approximate surface area is 171 Å². The summed E-state index contributed by atoms with van der Waals surface area (Å²) in [6.45, 7) is 2.22. The highest BCUT2D eigenvalue weighted by molar-refractivity contribution is 6.31. The number of unbranched alkanes of at least 4 members (excludes halogenated alkanes) is 4. The van der Waals surface area contributed by atoms with Crippen LogP contribution in [0.5, 0.6) is 5.75 Å². The van der Waals surface area contributed by atoms with Crippen LogP contribution in [0.2, 0.25) is 5.02 Å². The number of rotatable bonds is 9. The Balaban J connectivity index is 1.81. The van der Waals surface area contributed by atoms with Crippen LogP contribution in [-0.2, 0) is 0 Å². The van der Waals surface area contributed by atoms with Gasteiger partial charge < -0.3 is 5.11 Å². The first-order valence-corrected chi connectivity index (χ1v) is 10.2. The molecule has 0 bridgehead atoms. The Hall–Kier alpha value is -2.59. The van der Waals surface area contributed by atoms with E-state index in [1.54, 1.807) is 18.3 Å². The third-order valence-electron chi connectivity index (χ3n) is 4.73. The minimum absolute atomic E-state index is 0.260. The van der Waals surface area contributed by atoms with E-state index >= 15 is 0 Å². The highest BCUT2D eigenvalue weighted by Crippen LogP contribution is 2.25. The average Bonchev–Trinajstić information content (AvgIpc) is 2.70. The number of benzene rings is 2. The lowest BCUT2D eigenvalue weighted by molar-refractivity contribution is 0.475. The third kappa shape index (κ3) is 5.46. The molecule has 0 unspecified atom stereocenters. The van der Waals surface area contributed by atoms with Crippen molar-refractivity contribution in [3.05, 3.63) is 65.3 Å². The second-order valence-corrected chi connectivity index (χ2v) is 7.34. The fourth-order valence-electron chi connectivity index (χ4n) is 3.16. The number of aromatic hydroxyl groups is 1. The van der Waals surface area contributed by atoms with E-state index in [-0.39, 0.29) is 5.75 Å². The van der Waals surface area contributed by atoms with Crippen LogP contribution in [-0.4, -0.2) is 15.8 Å². The van der Waals surface area contributed by atoms with Crippen LogP contribution in [0.25, 0.3) is 10.9 Å². The molecular weight excluding hydrogens is 370 g/mol. The zero-order chi connectivity index (χ0) is 19.8. The SMILES string of the molecule is CCCCCCC/C(=N/Nc1ccnc2cc(Cl)ccc12)c1ccc(O)cc1. The van der Waals surface area contributed by atoms with Gasteiger partial charge in [0.15, 0.2) is 0 Å². The third-order valence-corrected chi connectivity index (χ3v) is 4.97. The van der Waals surface area contributed by atoms with Crippen molar-refractivity contribution in [2.24, 2.45) is 5.10 Å². The first-order chi connectivity index (χ1) is 13.7. The van der Waals surface area contributed by atoms with Crippen molar-refractivity contribution < 1.29 is 5.11 Å². The molecule has 0 spiro atoms. The highest BCUT2D eigenvalue weighted by atomic mass is 35.5. The average molecular weight is 396 g/mol. The summed E-state index contributed by atoms with van der Waals surface area (Å²) in [6, 6.07) is 14.8. The molecule has 0 saturated heterocycles. The minimum atomic E-state index is 0.260. The summed E-state index contributed by atoms with van der Waals surface area (Å²) in [6.07, 6.45) is 8.69. The van der Waals surface area contributed by atoms with E-state index in [2.05, 4.69) is 17.3 Å². The number of halogens is 1. The molecule has 2 aromatic carbocycles.